The average Bonchev–Trinajstić information content (AvgIpc) is 2.56. The van der Waals surface area contributed by atoms with Crippen molar-refractivity contribution in [3.63, 3.8) is 0 Å². The van der Waals surface area contributed by atoms with Crippen LogP contribution in [0.1, 0.15) is 51.9 Å². The molecule has 5 nitrogen and oxygen atoms in total. The number of hydrogen-bond acceptors (Lipinski definition) is 3. The smallest absolute Gasteiger partial charge is 0.224 e. The van der Waals surface area contributed by atoms with Crippen LogP contribution in [0.25, 0.3) is 0 Å². The number of carbonyl (C=O) groups excluding carboxylic acids is 1. The summed E-state index contributed by atoms with van der Waals surface area (Å²) in [5.41, 5.74) is 1.45. The highest BCUT2D eigenvalue weighted by Gasteiger charge is 2.31. The van der Waals surface area contributed by atoms with Crippen molar-refractivity contribution in [2.75, 3.05) is 25.4 Å². The first-order chi connectivity index (χ1) is 10.5. The summed E-state index contributed by atoms with van der Waals surface area (Å²) in [6, 6.07) is 0. The fourth-order valence-electron chi connectivity index (χ4n) is 3.21. The van der Waals surface area contributed by atoms with Gasteiger partial charge in [0.2, 0.25) is 15.9 Å². The number of sulfonamides is 1. The highest BCUT2D eigenvalue weighted by Crippen LogP contribution is 2.21. The van der Waals surface area contributed by atoms with Crippen molar-refractivity contribution in [2.45, 2.75) is 51.9 Å². The summed E-state index contributed by atoms with van der Waals surface area (Å²) in [5, 5.41) is 2.99. The molecule has 1 aliphatic carbocycles. The van der Waals surface area contributed by atoms with Gasteiger partial charge in [-0.3, -0.25) is 4.79 Å². The second kappa shape index (κ2) is 8.11. The normalized spacial score (nSPS) is 23.9. The zero-order valence-electron chi connectivity index (χ0n) is 13.5. The lowest BCUT2D eigenvalue weighted by atomic mass is 9.96. The van der Waals surface area contributed by atoms with Gasteiger partial charge in [-0.05, 0) is 51.9 Å². The zero-order valence-corrected chi connectivity index (χ0v) is 14.3. The maximum atomic E-state index is 12.2. The monoisotopic (exact) mass is 328 g/mol. The Morgan fingerprint density at radius 2 is 2.18 bits per heavy atom. The molecule has 6 heteroatoms. The standard InChI is InChI=1S/C16H28N2O3S/c1-2-22(20,21)18-12-6-9-15(13-18)16(19)17-11-10-14-7-4-3-5-8-14/h7,15H,2-6,8-13H2,1H3,(H,17,19)/t15-/m1/s1. The predicted octanol–water partition coefficient (Wildman–Crippen LogP) is 2.05. The second-order valence-corrected chi connectivity index (χ2v) is 8.50. The van der Waals surface area contributed by atoms with E-state index >= 15 is 0 Å². The van der Waals surface area contributed by atoms with E-state index in [0.29, 0.717) is 19.6 Å². The Kier molecular flexibility index (Phi) is 6.44. The van der Waals surface area contributed by atoms with Crippen LogP contribution >= 0.6 is 0 Å². The fourth-order valence-corrected chi connectivity index (χ4v) is 4.39. The van der Waals surface area contributed by atoms with Gasteiger partial charge >= 0.3 is 0 Å². The number of amides is 1. The van der Waals surface area contributed by atoms with Crippen molar-refractivity contribution in [1.82, 2.24) is 9.62 Å². The summed E-state index contributed by atoms with van der Waals surface area (Å²) >= 11 is 0. The molecule has 0 aromatic rings. The molecule has 126 valence electrons. The van der Waals surface area contributed by atoms with Crippen LogP contribution in [0.4, 0.5) is 0 Å². The highest BCUT2D eigenvalue weighted by molar-refractivity contribution is 7.89. The molecule has 1 heterocycles. The van der Waals surface area contributed by atoms with Gasteiger partial charge in [0, 0.05) is 19.6 Å². The third-order valence-electron chi connectivity index (χ3n) is 4.64. The molecule has 0 saturated carbocycles. The number of nitrogens with one attached hydrogen (secondary N) is 1. The first-order valence-corrected chi connectivity index (χ1v) is 10.1. The number of piperidine rings is 1. The van der Waals surface area contributed by atoms with E-state index in [1.54, 1.807) is 6.92 Å². The molecule has 0 spiro atoms. The third kappa shape index (κ3) is 4.81. The van der Waals surface area contributed by atoms with E-state index in [-0.39, 0.29) is 17.6 Å². The Hall–Kier alpha value is -0.880. The van der Waals surface area contributed by atoms with E-state index in [4.69, 9.17) is 0 Å². The molecule has 1 aliphatic heterocycles. The van der Waals surface area contributed by atoms with Crippen molar-refractivity contribution in [3.05, 3.63) is 11.6 Å². The lowest BCUT2D eigenvalue weighted by Gasteiger charge is -2.31. The molecule has 1 fully saturated rings. The van der Waals surface area contributed by atoms with Gasteiger partial charge in [0.05, 0.1) is 11.7 Å². The van der Waals surface area contributed by atoms with Crippen molar-refractivity contribution in [1.29, 1.82) is 0 Å². The van der Waals surface area contributed by atoms with Gasteiger partial charge in [-0.15, -0.1) is 0 Å². The van der Waals surface area contributed by atoms with Crippen molar-refractivity contribution in [3.8, 4) is 0 Å². The number of allylic oxidation sites excluding steroid dienone is 1. The molecule has 0 aromatic carbocycles. The third-order valence-corrected chi connectivity index (χ3v) is 6.49. The maximum absolute atomic E-state index is 12.2. The van der Waals surface area contributed by atoms with E-state index in [1.807, 2.05) is 0 Å². The van der Waals surface area contributed by atoms with Crippen LogP contribution in [0.3, 0.4) is 0 Å². The Bertz CT molecular complexity index is 513. The van der Waals surface area contributed by atoms with Crippen LogP contribution in [0.2, 0.25) is 0 Å². The van der Waals surface area contributed by atoms with Crippen molar-refractivity contribution in [2.24, 2.45) is 5.92 Å². The topological polar surface area (TPSA) is 66.5 Å². The second-order valence-electron chi connectivity index (χ2n) is 6.25. The molecule has 0 radical (unpaired) electrons. The molecule has 0 unspecified atom stereocenters. The van der Waals surface area contributed by atoms with E-state index < -0.39 is 10.0 Å². The lowest BCUT2D eigenvalue weighted by molar-refractivity contribution is -0.126. The maximum Gasteiger partial charge on any atom is 0.224 e. The molecule has 2 rings (SSSR count). The summed E-state index contributed by atoms with van der Waals surface area (Å²) in [7, 11) is -3.18. The van der Waals surface area contributed by atoms with Crippen LogP contribution in [0.15, 0.2) is 11.6 Å². The van der Waals surface area contributed by atoms with Crippen LogP contribution in [0.5, 0.6) is 0 Å². The van der Waals surface area contributed by atoms with Gasteiger partial charge in [0.25, 0.3) is 0 Å². The minimum absolute atomic E-state index is 0.00686. The molecule has 1 N–H and O–H groups in total. The largest absolute Gasteiger partial charge is 0.356 e. The number of nitrogens with zero attached hydrogens (tertiary/aromatic N) is 1. The SMILES string of the molecule is CCS(=O)(=O)N1CCC[C@@H](C(=O)NCCC2=CCCCC2)C1. The lowest BCUT2D eigenvalue weighted by Crippen LogP contribution is -2.46. The van der Waals surface area contributed by atoms with Gasteiger partial charge in [-0.25, -0.2) is 12.7 Å². The summed E-state index contributed by atoms with van der Waals surface area (Å²) < 4.78 is 25.3. The van der Waals surface area contributed by atoms with Gasteiger partial charge in [0.1, 0.15) is 0 Å². The van der Waals surface area contributed by atoms with E-state index in [1.165, 1.54) is 22.7 Å². The first kappa shape index (κ1) is 17.5. The van der Waals surface area contributed by atoms with Gasteiger partial charge in [-0.2, -0.15) is 0 Å². The minimum Gasteiger partial charge on any atom is -0.356 e. The summed E-state index contributed by atoms with van der Waals surface area (Å²) in [5.74, 6) is -0.0852. The molecular weight excluding hydrogens is 300 g/mol. The van der Waals surface area contributed by atoms with Crippen LogP contribution < -0.4 is 5.32 Å². The molecule has 2 aliphatic rings. The zero-order chi connectivity index (χ0) is 16.0. The van der Waals surface area contributed by atoms with Gasteiger partial charge < -0.3 is 5.32 Å². The van der Waals surface area contributed by atoms with Crippen LogP contribution in [0, 0.1) is 5.92 Å². The van der Waals surface area contributed by atoms with E-state index in [9.17, 15) is 13.2 Å². The summed E-state index contributed by atoms with van der Waals surface area (Å²) in [6.45, 7) is 3.20. The van der Waals surface area contributed by atoms with Crippen LogP contribution in [-0.4, -0.2) is 44.0 Å². The molecule has 0 bridgehead atoms. The predicted molar refractivity (Wildman–Crippen MR) is 87.9 cm³/mol. The molecule has 1 saturated heterocycles. The minimum atomic E-state index is -3.18. The number of carbonyl (C=O) groups is 1. The average molecular weight is 328 g/mol. The quantitative estimate of drug-likeness (QED) is 0.759. The summed E-state index contributed by atoms with van der Waals surface area (Å²) in [6.07, 6.45) is 9.62. The first-order valence-electron chi connectivity index (χ1n) is 8.46. The Labute approximate surface area is 134 Å². The Balaban J connectivity index is 1.78. The molecule has 1 atom stereocenters. The fraction of sp³-hybridized carbons (Fsp3) is 0.812. The van der Waals surface area contributed by atoms with E-state index in [0.717, 1.165) is 32.1 Å². The van der Waals surface area contributed by atoms with Gasteiger partial charge in [0.15, 0.2) is 0 Å². The Morgan fingerprint density at radius 1 is 1.36 bits per heavy atom. The highest BCUT2D eigenvalue weighted by atomic mass is 32.2. The van der Waals surface area contributed by atoms with Crippen molar-refractivity contribution >= 4 is 15.9 Å². The number of hydrogen-bond donors (Lipinski definition) is 1. The molecule has 0 aromatic heterocycles. The van der Waals surface area contributed by atoms with Crippen molar-refractivity contribution < 1.29 is 13.2 Å². The summed E-state index contributed by atoms with van der Waals surface area (Å²) in [4.78, 5) is 12.2. The Morgan fingerprint density at radius 3 is 2.86 bits per heavy atom. The number of rotatable bonds is 6. The van der Waals surface area contributed by atoms with Crippen LogP contribution in [-0.2, 0) is 14.8 Å². The molecular formula is C16H28N2O3S. The van der Waals surface area contributed by atoms with E-state index in [2.05, 4.69) is 11.4 Å². The van der Waals surface area contributed by atoms with Gasteiger partial charge in [-0.1, -0.05) is 11.6 Å². The molecule has 22 heavy (non-hydrogen) atoms. The molecule has 1 amide bonds.